The predicted molar refractivity (Wildman–Crippen MR) is 153 cm³/mol. The summed E-state index contributed by atoms with van der Waals surface area (Å²) in [7, 11) is 3.28. The van der Waals surface area contributed by atoms with Crippen LogP contribution in [0, 0.1) is 23.2 Å². The third-order valence-electron chi connectivity index (χ3n) is 8.60. The van der Waals surface area contributed by atoms with E-state index in [-0.39, 0.29) is 40.9 Å². The van der Waals surface area contributed by atoms with E-state index in [1.807, 2.05) is 34.6 Å². The summed E-state index contributed by atoms with van der Waals surface area (Å²) in [6.07, 6.45) is 9.78. The van der Waals surface area contributed by atoms with Gasteiger partial charge >= 0.3 is 5.97 Å². The zero-order valence-corrected chi connectivity index (χ0v) is 25.3. The van der Waals surface area contributed by atoms with Crippen LogP contribution in [0.1, 0.15) is 105 Å². The number of carbonyl (C=O) groups is 4. The van der Waals surface area contributed by atoms with Crippen molar-refractivity contribution in [2.75, 3.05) is 14.1 Å². The molecule has 0 aromatic carbocycles. The van der Waals surface area contributed by atoms with Gasteiger partial charge in [-0.15, -0.1) is 0 Å². The van der Waals surface area contributed by atoms with Crippen LogP contribution in [0.15, 0.2) is 0 Å². The molecule has 39 heavy (non-hydrogen) atoms. The molecule has 2 saturated carbocycles. The SMILES string of the molecule is CN[C@@H](C(=O)N[C@@H](C(=O)N[C@@H](C(=O)N(C)[C@H](CC(C)C)C(=O)O)C1CCCCC1)C1CCCCC1)C(C)(C)C. The molecule has 224 valence electrons. The van der Waals surface area contributed by atoms with Crippen molar-refractivity contribution in [3.05, 3.63) is 0 Å². The monoisotopic (exact) mass is 550 g/mol. The molecule has 0 unspecified atom stereocenters. The second kappa shape index (κ2) is 15.0. The van der Waals surface area contributed by atoms with Crippen LogP contribution in [0.4, 0.5) is 0 Å². The Labute approximate surface area is 235 Å². The summed E-state index contributed by atoms with van der Waals surface area (Å²) in [6.45, 7) is 9.80. The van der Waals surface area contributed by atoms with Gasteiger partial charge in [0.2, 0.25) is 17.7 Å². The van der Waals surface area contributed by atoms with E-state index in [9.17, 15) is 24.3 Å². The van der Waals surface area contributed by atoms with Crippen molar-refractivity contribution >= 4 is 23.7 Å². The Hall–Kier alpha value is -2.16. The number of rotatable bonds is 12. The molecule has 0 saturated heterocycles. The lowest BCUT2D eigenvalue weighted by molar-refractivity contribution is -0.152. The Balaban J connectivity index is 2.35. The molecule has 0 radical (unpaired) electrons. The molecule has 2 rings (SSSR count). The summed E-state index contributed by atoms with van der Waals surface area (Å²) in [5.74, 6) is -1.94. The fourth-order valence-electron chi connectivity index (χ4n) is 6.39. The van der Waals surface area contributed by atoms with Crippen molar-refractivity contribution in [2.45, 2.75) is 129 Å². The lowest BCUT2D eigenvalue weighted by Crippen LogP contribution is -2.62. The molecule has 2 aliphatic rings. The second-order valence-corrected chi connectivity index (χ2v) is 13.3. The molecule has 0 aromatic heterocycles. The van der Waals surface area contributed by atoms with Crippen LogP contribution < -0.4 is 16.0 Å². The van der Waals surface area contributed by atoms with Crippen molar-refractivity contribution in [1.29, 1.82) is 0 Å². The summed E-state index contributed by atoms with van der Waals surface area (Å²) < 4.78 is 0. The van der Waals surface area contributed by atoms with Crippen molar-refractivity contribution in [2.24, 2.45) is 23.2 Å². The number of carboxylic acid groups (broad SMARTS) is 1. The standard InChI is InChI=1S/C30H54N4O5/c1-19(2)18-22(29(38)39)34(7)28(37)24(21-16-12-9-13-17-21)33-26(35)23(20-14-10-8-11-15-20)32-27(36)25(31-6)30(3,4)5/h19-25,31H,8-18H2,1-7H3,(H,32,36)(H,33,35)(H,38,39)/t22-,23-,24-,25+/m1/s1. The van der Waals surface area contributed by atoms with Gasteiger partial charge in [0.15, 0.2) is 0 Å². The van der Waals surface area contributed by atoms with Gasteiger partial charge in [-0.2, -0.15) is 0 Å². The van der Waals surface area contributed by atoms with E-state index in [1.54, 1.807) is 7.05 Å². The molecule has 9 nitrogen and oxygen atoms in total. The minimum absolute atomic E-state index is 0.00674. The Morgan fingerprint density at radius 3 is 1.69 bits per heavy atom. The van der Waals surface area contributed by atoms with Gasteiger partial charge in [0.1, 0.15) is 18.1 Å². The summed E-state index contributed by atoms with van der Waals surface area (Å²) in [4.78, 5) is 54.6. The van der Waals surface area contributed by atoms with E-state index in [0.29, 0.717) is 6.42 Å². The number of carboxylic acids is 1. The molecule has 9 heteroatoms. The van der Waals surface area contributed by atoms with E-state index in [2.05, 4.69) is 16.0 Å². The van der Waals surface area contributed by atoms with Crippen LogP contribution >= 0.6 is 0 Å². The molecule has 4 atom stereocenters. The minimum Gasteiger partial charge on any atom is -0.480 e. The zero-order valence-electron chi connectivity index (χ0n) is 25.3. The third-order valence-corrected chi connectivity index (χ3v) is 8.60. The van der Waals surface area contributed by atoms with Crippen molar-refractivity contribution in [3.63, 3.8) is 0 Å². The molecular formula is C30H54N4O5. The number of aliphatic carboxylic acids is 1. The van der Waals surface area contributed by atoms with E-state index >= 15 is 0 Å². The first-order chi connectivity index (χ1) is 18.3. The van der Waals surface area contributed by atoms with E-state index in [4.69, 9.17) is 0 Å². The normalized spacial score (nSPS) is 20.5. The number of likely N-dealkylation sites (N-methyl/N-ethyl adjacent to an activating group) is 2. The maximum absolute atomic E-state index is 14.0. The van der Waals surface area contributed by atoms with Crippen LogP contribution in [-0.2, 0) is 19.2 Å². The Morgan fingerprint density at radius 1 is 0.821 bits per heavy atom. The number of nitrogens with zero attached hydrogens (tertiary/aromatic N) is 1. The second-order valence-electron chi connectivity index (χ2n) is 13.3. The summed E-state index contributed by atoms with van der Waals surface area (Å²) in [5.41, 5.74) is -0.349. The highest BCUT2D eigenvalue weighted by Gasteiger charge is 2.41. The third kappa shape index (κ3) is 9.47. The molecule has 4 N–H and O–H groups in total. The van der Waals surface area contributed by atoms with Gasteiger partial charge in [0, 0.05) is 7.05 Å². The summed E-state index contributed by atoms with van der Waals surface area (Å²) in [6, 6.07) is -3.00. The smallest absolute Gasteiger partial charge is 0.326 e. The van der Waals surface area contributed by atoms with Crippen molar-refractivity contribution in [1.82, 2.24) is 20.9 Å². The molecule has 2 fully saturated rings. The Kier molecular flexibility index (Phi) is 12.7. The largest absolute Gasteiger partial charge is 0.480 e. The molecule has 0 spiro atoms. The molecule has 0 aliphatic heterocycles. The van der Waals surface area contributed by atoms with Gasteiger partial charge < -0.3 is 26.0 Å². The molecule has 3 amide bonds. The van der Waals surface area contributed by atoms with E-state index in [0.717, 1.165) is 64.2 Å². The number of hydrogen-bond acceptors (Lipinski definition) is 5. The number of hydrogen-bond donors (Lipinski definition) is 4. The van der Waals surface area contributed by atoms with Gasteiger partial charge in [-0.25, -0.2) is 4.79 Å². The highest BCUT2D eigenvalue weighted by molar-refractivity contribution is 5.94. The van der Waals surface area contributed by atoms with Gasteiger partial charge in [-0.05, 0) is 62.3 Å². The summed E-state index contributed by atoms with van der Waals surface area (Å²) >= 11 is 0. The lowest BCUT2D eigenvalue weighted by Gasteiger charge is -2.38. The van der Waals surface area contributed by atoms with Crippen LogP contribution in [0.2, 0.25) is 0 Å². The first-order valence-electron chi connectivity index (χ1n) is 15.0. The molecule has 0 bridgehead atoms. The molecular weight excluding hydrogens is 496 g/mol. The first kappa shape index (κ1) is 33.0. The fraction of sp³-hybridized carbons (Fsp3) is 0.867. The number of carbonyl (C=O) groups excluding carboxylic acids is 3. The highest BCUT2D eigenvalue weighted by atomic mass is 16.4. The highest BCUT2D eigenvalue weighted by Crippen LogP contribution is 2.30. The van der Waals surface area contributed by atoms with Crippen LogP contribution in [0.25, 0.3) is 0 Å². The van der Waals surface area contributed by atoms with Crippen LogP contribution in [-0.4, -0.2) is 72.0 Å². The van der Waals surface area contributed by atoms with Gasteiger partial charge in [0.05, 0.1) is 6.04 Å². The molecule has 0 aromatic rings. The molecule has 2 aliphatic carbocycles. The molecule has 0 heterocycles. The van der Waals surface area contributed by atoms with Crippen molar-refractivity contribution in [3.8, 4) is 0 Å². The maximum atomic E-state index is 14.0. The topological polar surface area (TPSA) is 128 Å². The van der Waals surface area contributed by atoms with Crippen molar-refractivity contribution < 1.29 is 24.3 Å². The first-order valence-corrected chi connectivity index (χ1v) is 15.0. The van der Waals surface area contributed by atoms with E-state index in [1.165, 1.54) is 11.9 Å². The van der Waals surface area contributed by atoms with Gasteiger partial charge in [-0.1, -0.05) is 73.1 Å². The van der Waals surface area contributed by atoms with Crippen LogP contribution in [0.3, 0.4) is 0 Å². The number of nitrogens with one attached hydrogen (secondary N) is 3. The van der Waals surface area contributed by atoms with Gasteiger partial charge in [0.25, 0.3) is 0 Å². The Bertz CT molecular complexity index is 828. The number of amides is 3. The Morgan fingerprint density at radius 2 is 1.28 bits per heavy atom. The van der Waals surface area contributed by atoms with Crippen LogP contribution in [0.5, 0.6) is 0 Å². The fourth-order valence-corrected chi connectivity index (χ4v) is 6.39. The summed E-state index contributed by atoms with van der Waals surface area (Å²) in [5, 5.41) is 19.1. The predicted octanol–water partition coefficient (Wildman–Crippen LogP) is 3.71. The lowest BCUT2D eigenvalue weighted by atomic mass is 9.81. The average molecular weight is 551 g/mol. The van der Waals surface area contributed by atoms with E-state index < -0.39 is 30.1 Å². The van der Waals surface area contributed by atoms with Gasteiger partial charge in [-0.3, -0.25) is 14.4 Å². The quantitative estimate of drug-likeness (QED) is 0.293. The maximum Gasteiger partial charge on any atom is 0.326 e. The zero-order chi connectivity index (χ0) is 29.3. The minimum atomic E-state index is -1.04. The average Bonchev–Trinajstić information content (AvgIpc) is 2.88.